The van der Waals surface area contributed by atoms with Crippen LogP contribution in [0.4, 0.5) is 23.2 Å². The maximum Gasteiger partial charge on any atom is 0.418 e. The van der Waals surface area contributed by atoms with Gasteiger partial charge in [-0.25, -0.2) is 12.8 Å². The predicted molar refractivity (Wildman–Crippen MR) is 116 cm³/mol. The number of thiophene rings is 1. The maximum absolute atomic E-state index is 13.5. The molecule has 0 bridgehead atoms. The zero-order chi connectivity index (χ0) is 23.1. The van der Waals surface area contributed by atoms with Crippen LogP contribution in [0.2, 0.25) is 0 Å². The van der Waals surface area contributed by atoms with Gasteiger partial charge in [0, 0.05) is 36.2 Å². The number of benzene rings is 1. The molecule has 0 saturated carbocycles. The second-order valence-electron chi connectivity index (χ2n) is 8.25. The molecule has 3 heterocycles. The molecule has 1 aromatic carbocycles. The van der Waals surface area contributed by atoms with Crippen LogP contribution >= 0.6 is 11.3 Å². The first-order valence-corrected chi connectivity index (χ1v) is 12.8. The van der Waals surface area contributed by atoms with E-state index in [9.17, 15) is 26.0 Å². The normalized spacial score (nSPS) is 21.8. The maximum atomic E-state index is 13.5. The van der Waals surface area contributed by atoms with Crippen LogP contribution in [0.1, 0.15) is 36.1 Å². The lowest BCUT2D eigenvalue weighted by atomic mass is 9.97. The molecule has 2 aromatic rings. The SMILES string of the molecule is C[C@@H]1CN(c2ccc(F)cc2C(F)(F)F)CCN1S(=O)(=O)c1ccc(C2CCNCC2)s1. The van der Waals surface area contributed by atoms with Gasteiger partial charge in [-0.15, -0.1) is 11.3 Å². The monoisotopic (exact) mass is 491 g/mol. The summed E-state index contributed by atoms with van der Waals surface area (Å²) in [6, 6.07) is 5.56. The summed E-state index contributed by atoms with van der Waals surface area (Å²) in [5.41, 5.74) is -1.18. The Bertz CT molecular complexity index is 1070. The van der Waals surface area contributed by atoms with E-state index >= 15 is 0 Å². The summed E-state index contributed by atoms with van der Waals surface area (Å²) in [7, 11) is -3.75. The minimum absolute atomic E-state index is 0.0543. The zero-order valence-electron chi connectivity index (χ0n) is 17.5. The molecule has 2 aliphatic rings. The van der Waals surface area contributed by atoms with Gasteiger partial charge in [0.05, 0.1) is 5.56 Å². The van der Waals surface area contributed by atoms with Gasteiger partial charge < -0.3 is 10.2 Å². The highest BCUT2D eigenvalue weighted by atomic mass is 32.2. The van der Waals surface area contributed by atoms with Gasteiger partial charge in [0.25, 0.3) is 10.0 Å². The number of rotatable bonds is 4. The number of sulfonamides is 1. The number of nitrogens with one attached hydrogen (secondary N) is 1. The van der Waals surface area contributed by atoms with Crippen LogP contribution in [0, 0.1) is 5.82 Å². The fourth-order valence-corrected chi connectivity index (χ4v) is 7.68. The summed E-state index contributed by atoms with van der Waals surface area (Å²) in [5.74, 6) is -0.615. The Hall–Kier alpha value is -1.69. The van der Waals surface area contributed by atoms with Crippen molar-refractivity contribution >= 4 is 27.0 Å². The minimum atomic E-state index is -4.70. The zero-order valence-corrected chi connectivity index (χ0v) is 19.2. The molecule has 11 heteroatoms. The summed E-state index contributed by atoms with van der Waals surface area (Å²) in [4.78, 5) is 2.53. The van der Waals surface area contributed by atoms with Gasteiger partial charge in [-0.2, -0.15) is 17.5 Å². The van der Waals surface area contributed by atoms with E-state index in [2.05, 4.69) is 5.32 Å². The highest BCUT2D eigenvalue weighted by Crippen LogP contribution is 2.39. The van der Waals surface area contributed by atoms with E-state index in [-0.39, 0.29) is 29.5 Å². The van der Waals surface area contributed by atoms with Crippen molar-refractivity contribution in [2.75, 3.05) is 37.6 Å². The third kappa shape index (κ3) is 4.66. The topological polar surface area (TPSA) is 52.7 Å². The third-order valence-corrected chi connectivity index (χ3v) is 9.81. The van der Waals surface area contributed by atoms with Gasteiger partial charge in [-0.1, -0.05) is 0 Å². The summed E-state index contributed by atoms with van der Waals surface area (Å²) < 4.78 is 81.9. The molecule has 0 aliphatic carbocycles. The molecular weight excluding hydrogens is 466 g/mol. The quantitative estimate of drug-likeness (QED) is 0.649. The summed E-state index contributed by atoms with van der Waals surface area (Å²) in [6.07, 6.45) is -2.77. The molecule has 0 radical (unpaired) electrons. The average molecular weight is 492 g/mol. The van der Waals surface area contributed by atoms with Crippen molar-refractivity contribution < 1.29 is 26.0 Å². The van der Waals surface area contributed by atoms with Crippen LogP contribution in [0.15, 0.2) is 34.5 Å². The highest BCUT2D eigenvalue weighted by Gasteiger charge is 2.39. The molecule has 2 aliphatic heterocycles. The van der Waals surface area contributed by atoms with Crippen LogP contribution < -0.4 is 10.2 Å². The Balaban J connectivity index is 1.52. The van der Waals surface area contributed by atoms with E-state index in [1.54, 1.807) is 13.0 Å². The van der Waals surface area contributed by atoms with Gasteiger partial charge in [-0.3, -0.25) is 0 Å². The van der Waals surface area contributed by atoms with Crippen molar-refractivity contribution in [2.24, 2.45) is 0 Å². The Labute approximate surface area is 189 Å². The molecule has 5 nitrogen and oxygen atoms in total. The first kappa shape index (κ1) is 23.5. The summed E-state index contributed by atoms with van der Waals surface area (Å²) >= 11 is 1.29. The van der Waals surface area contributed by atoms with Gasteiger partial charge in [-0.05, 0) is 69.1 Å². The lowest BCUT2D eigenvalue weighted by Crippen LogP contribution is -2.54. The molecule has 2 saturated heterocycles. The largest absolute Gasteiger partial charge is 0.418 e. The van der Waals surface area contributed by atoms with Crippen LogP contribution in [-0.4, -0.2) is 51.5 Å². The average Bonchev–Trinajstić information content (AvgIpc) is 3.25. The van der Waals surface area contributed by atoms with Crippen LogP contribution in [0.5, 0.6) is 0 Å². The molecule has 176 valence electrons. The first-order valence-electron chi connectivity index (χ1n) is 10.5. The van der Waals surface area contributed by atoms with Gasteiger partial charge in [0.2, 0.25) is 0 Å². The van der Waals surface area contributed by atoms with Gasteiger partial charge in [0.15, 0.2) is 0 Å². The lowest BCUT2D eigenvalue weighted by molar-refractivity contribution is -0.137. The molecule has 1 aromatic heterocycles. The van der Waals surface area contributed by atoms with E-state index in [4.69, 9.17) is 0 Å². The molecule has 4 rings (SSSR count). The summed E-state index contributed by atoms with van der Waals surface area (Å²) in [5, 5.41) is 3.30. The van der Waals surface area contributed by atoms with Crippen molar-refractivity contribution in [2.45, 2.75) is 42.1 Å². The molecule has 0 spiro atoms. The van der Waals surface area contributed by atoms with Crippen LogP contribution in [0.25, 0.3) is 0 Å². The molecule has 0 unspecified atom stereocenters. The Morgan fingerprint density at radius 3 is 2.47 bits per heavy atom. The molecule has 2 fully saturated rings. The van der Waals surface area contributed by atoms with Crippen molar-refractivity contribution in [1.29, 1.82) is 0 Å². The second-order valence-corrected chi connectivity index (χ2v) is 11.5. The molecule has 0 amide bonds. The number of alkyl halides is 3. The van der Waals surface area contributed by atoms with Crippen LogP contribution in [-0.2, 0) is 16.2 Å². The molecular formula is C21H25F4N3O2S2. The van der Waals surface area contributed by atoms with Crippen molar-refractivity contribution in [3.8, 4) is 0 Å². The van der Waals surface area contributed by atoms with Gasteiger partial charge >= 0.3 is 6.18 Å². The van der Waals surface area contributed by atoms with E-state index in [1.165, 1.54) is 20.5 Å². The number of piperidine rings is 1. The Morgan fingerprint density at radius 2 is 1.81 bits per heavy atom. The van der Waals surface area contributed by atoms with Gasteiger partial charge in [0.1, 0.15) is 10.0 Å². The Morgan fingerprint density at radius 1 is 1.09 bits per heavy atom. The van der Waals surface area contributed by atoms with E-state index in [1.807, 2.05) is 6.07 Å². The third-order valence-electron chi connectivity index (χ3n) is 6.08. The standard InChI is InChI=1S/C21H25F4N3O2S2/c1-14-13-27(18-3-2-16(22)12-17(18)21(23,24)25)10-11-28(14)32(29,30)20-5-4-19(31-20)15-6-8-26-9-7-15/h2-5,12,14-15,26H,6-11,13H2,1H3/t14-/m1/s1. The molecule has 1 N–H and O–H groups in total. The minimum Gasteiger partial charge on any atom is -0.368 e. The lowest BCUT2D eigenvalue weighted by Gasteiger charge is -2.40. The number of halogens is 4. The van der Waals surface area contributed by atoms with Crippen LogP contribution in [0.3, 0.4) is 0 Å². The first-order chi connectivity index (χ1) is 15.1. The molecule has 1 atom stereocenters. The number of piperazine rings is 1. The fraction of sp³-hybridized carbons (Fsp3) is 0.524. The summed E-state index contributed by atoms with van der Waals surface area (Å²) in [6.45, 7) is 3.73. The van der Waals surface area contributed by atoms with E-state index in [0.29, 0.717) is 12.0 Å². The molecule has 32 heavy (non-hydrogen) atoms. The highest BCUT2D eigenvalue weighted by molar-refractivity contribution is 7.91. The number of hydrogen-bond acceptors (Lipinski definition) is 5. The van der Waals surface area contributed by atoms with Crippen molar-refractivity contribution in [1.82, 2.24) is 9.62 Å². The smallest absolute Gasteiger partial charge is 0.368 e. The number of anilines is 1. The Kier molecular flexibility index (Phi) is 6.54. The fourth-order valence-electron chi connectivity index (χ4n) is 4.44. The van der Waals surface area contributed by atoms with E-state index < -0.39 is 33.6 Å². The second kappa shape index (κ2) is 8.92. The van der Waals surface area contributed by atoms with Crippen molar-refractivity contribution in [3.05, 3.63) is 46.6 Å². The number of nitrogens with zero attached hydrogens (tertiary/aromatic N) is 2. The van der Waals surface area contributed by atoms with Crippen molar-refractivity contribution in [3.63, 3.8) is 0 Å². The number of hydrogen-bond donors (Lipinski definition) is 1. The predicted octanol–water partition coefficient (Wildman–Crippen LogP) is 4.27. The van der Waals surface area contributed by atoms with E-state index in [0.717, 1.165) is 42.9 Å².